The third kappa shape index (κ3) is 2.80. The third-order valence-corrected chi connectivity index (χ3v) is 4.21. The number of aryl methyl sites for hydroxylation is 2. The van der Waals surface area contributed by atoms with Crippen LogP contribution >= 0.6 is 23.2 Å². The van der Waals surface area contributed by atoms with E-state index in [-0.39, 0.29) is 22.0 Å². The van der Waals surface area contributed by atoms with Gasteiger partial charge in [0.15, 0.2) is 5.69 Å². The van der Waals surface area contributed by atoms with Crippen molar-refractivity contribution in [3.05, 3.63) is 75.9 Å². The van der Waals surface area contributed by atoms with E-state index >= 15 is 0 Å². The summed E-state index contributed by atoms with van der Waals surface area (Å²) in [6, 6.07) is 4.22. The van der Waals surface area contributed by atoms with Crippen LogP contribution in [0.25, 0.3) is 16.9 Å². The van der Waals surface area contributed by atoms with Crippen molar-refractivity contribution in [1.29, 1.82) is 0 Å². The molecule has 3 rings (SSSR count). The second kappa shape index (κ2) is 6.43. The molecule has 0 unspecified atom stereocenters. The highest BCUT2D eigenvalue weighted by Crippen LogP contribution is 2.22. The van der Waals surface area contributed by atoms with Crippen LogP contribution in [0.3, 0.4) is 0 Å². The lowest BCUT2D eigenvalue weighted by atomic mass is 10.2. The monoisotopic (exact) mass is 395 g/mol. The van der Waals surface area contributed by atoms with Crippen LogP contribution in [0.1, 0.15) is 0 Å². The molecular formula is C15H11Cl2N5O4. The molecule has 2 heterocycles. The van der Waals surface area contributed by atoms with E-state index in [1.807, 2.05) is 0 Å². The van der Waals surface area contributed by atoms with Gasteiger partial charge in [-0.05, 0) is 18.2 Å². The molecule has 0 aliphatic rings. The summed E-state index contributed by atoms with van der Waals surface area (Å²) in [5, 5.41) is 6.76. The molecule has 0 fully saturated rings. The van der Waals surface area contributed by atoms with Gasteiger partial charge in [0.25, 0.3) is 11.0 Å². The molecule has 1 N–H and O–H groups in total. The molecule has 0 saturated carbocycles. The fourth-order valence-corrected chi connectivity index (χ4v) is 2.84. The van der Waals surface area contributed by atoms with E-state index in [1.165, 1.54) is 38.5 Å². The lowest BCUT2D eigenvalue weighted by Gasteiger charge is -2.11. The summed E-state index contributed by atoms with van der Waals surface area (Å²) in [7, 11) is 2.66. The highest BCUT2D eigenvalue weighted by Gasteiger charge is 2.20. The molecule has 0 aliphatic heterocycles. The van der Waals surface area contributed by atoms with Crippen molar-refractivity contribution < 1.29 is 0 Å². The zero-order valence-electron chi connectivity index (χ0n) is 13.5. The topological polar surface area (TPSA) is 112 Å². The van der Waals surface area contributed by atoms with Crippen molar-refractivity contribution in [2.75, 3.05) is 0 Å². The fraction of sp³-hybridized carbons (Fsp3) is 0.133. The van der Waals surface area contributed by atoms with Gasteiger partial charge < -0.3 is 5.10 Å². The number of benzene rings is 1. The first-order valence-corrected chi connectivity index (χ1v) is 7.93. The Morgan fingerprint density at radius 2 is 1.73 bits per heavy atom. The Morgan fingerprint density at radius 3 is 2.38 bits per heavy atom. The minimum Gasteiger partial charge on any atom is -0.302 e. The summed E-state index contributed by atoms with van der Waals surface area (Å²) in [6.45, 7) is 0. The van der Waals surface area contributed by atoms with Gasteiger partial charge in [0, 0.05) is 25.3 Å². The lowest BCUT2D eigenvalue weighted by Crippen LogP contribution is -2.42. The highest BCUT2D eigenvalue weighted by molar-refractivity contribution is 6.35. The Bertz CT molecular complexity index is 1270. The van der Waals surface area contributed by atoms with Crippen LogP contribution in [0, 0.1) is 0 Å². The maximum Gasteiger partial charge on any atom is 0.351 e. The number of halogens is 2. The number of aromatic nitrogens is 5. The standard InChI is InChI=1S/C15H11Cl2N5O4/c1-20-14(25)12(23)8(6-18-20)11-13(24)22(15(26)21(2)19-11)10-4-3-7(16)5-9(10)17/h3-6,18H,1-2H3. The Morgan fingerprint density at radius 1 is 1.04 bits per heavy atom. The molecule has 0 aliphatic carbocycles. The van der Waals surface area contributed by atoms with E-state index in [0.717, 1.165) is 13.9 Å². The summed E-state index contributed by atoms with van der Waals surface area (Å²) in [5.41, 5.74) is -4.01. The molecule has 2 aromatic heterocycles. The predicted molar refractivity (Wildman–Crippen MR) is 96.4 cm³/mol. The van der Waals surface area contributed by atoms with Crippen molar-refractivity contribution in [2.24, 2.45) is 14.1 Å². The van der Waals surface area contributed by atoms with E-state index in [4.69, 9.17) is 23.2 Å². The first kappa shape index (κ1) is 17.9. The molecule has 0 bridgehead atoms. The number of hydrogen-bond acceptors (Lipinski definition) is 5. The average Bonchev–Trinajstić information content (AvgIpc) is 2.58. The second-order valence-corrected chi connectivity index (χ2v) is 6.22. The van der Waals surface area contributed by atoms with Crippen molar-refractivity contribution in [1.82, 2.24) is 24.1 Å². The minimum atomic E-state index is -0.928. The first-order valence-electron chi connectivity index (χ1n) is 7.17. The minimum absolute atomic E-state index is 0.0618. The van der Waals surface area contributed by atoms with Gasteiger partial charge >= 0.3 is 11.2 Å². The van der Waals surface area contributed by atoms with Gasteiger partial charge in [-0.15, -0.1) is 0 Å². The lowest BCUT2D eigenvalue weighted by molar-refractivity contribution is 0.634. The van der Waals surface area contributed by atoms with Crippen LogP contribution in [0.4, 0.5) is 0 Å². The molecule has 0 saturated heterocycles. The number of H-pyrrole nitrogens is 1. The summed E-state index contributed by atoms with van der Waals surface area (Å²) < 4.78 is 2.60. The third-order valence-electron chi connectivity index (χ3n) is 3.68. The van der Waals surface area contributed by atoms with Crippen LogP contribution in [0.5, 0.6) is 0 Å². The number of aromatic amines is 1. The highest BCUT2D eigenvalue weighted by atomic mass is 35.5. The van der Waals surface area contributed by atoms with Crippen LogP contribution in [-0.2, 0) is 14.1 Å². The summed E-state index contributed by atoms with van der Waals surface area (Å²) in [6.07, 6.45) is 1.17. The van der Waals surface area contributed by atoms with Gasteiger partial charge in [0.1, 0.15) is 0 Å². The number of rotatable bonds is 2. The van der Waals surface area contributed by atoms with Crippen LogP contribution in [0.15, 0.2) is 43.6 Å². The normalized spacial score (nSPS) is 10.9. The van der Waals surface area contributed by atoms with Crippen LogP contribution in [-0.4, -0.2) is 24.1 Å². The average molecular weight is 396 g/mol. The van der Waals surface area contributed by atoms with Gasteiger partial charge in [-0.25, -0.2) is 14.0 Å². The Labute approximate surface area is 154 Å². The van der Waals surface area contributed by atoms with E-state index in [2.05, 4.69) is 10.2 Å². The van der Waals surface area contributed by atoms with Gasteiger partial charge in [-0.3, -0.25) is 19.1 Å². The second-order valence-electron chi connectivity index (χ2n) is 5.37. The van der Waals surface area contributed by atoms with E-state index in [0.29, 0.717) is 5.02 Å². The van der Waals surface area contributed by atoms with Crippen molar-refractivity contribution in [3.63, 3.8) is 0 Å². The molecule has 0 radical (unpaired) electrons. The number of nitrogens with zero attached hydrogens (tertiary/aromatic N) is 4. The predicted octanol–water partition coefficient (Wildman–Crippen LogP) is 0.292. The Balaban J connectivity index is 2.43. The Hall–Kier alpha value is -2.91. The summed E-state index contributed by atoms with van der Waals surface area (Å²) in [5.74, 6) is 0. The molecule has 0 atom stereocenters. The Kier molecular flexibility index (Phi) is 4.43. The first-order chi connectivity index (χ1) is 12.2. The van der Waals surface area contributed by atoms with E-state index < -0.39 is 22.2 Å². The summed E-state index contributed by atoms with van der Waals surface area (Å²) in [4.78, 5) is 49.4. The SMILES string of the molecule is Cn1nc(-c2c[nH]n(C)c(=O)c2=O)c(=O)n(-c2ccc(Cl)cc2Cl)c1=O. The molecule has 134 valence electrons. The summed E-state index contributed by atoms with van der Waals surface area (Å²) >= 11 is 11.9. The molecule has 0 amide bonds. The smallest absolute Gasteiger partial charge is 0.302 e. The number of hydrogen-bond donors (Lipinski definition) is 1. The quantitative estimate of drug-likeness (QED) is 0.626. The van der Waals surface area contributed by atoms with Crippen LogP contribution < -0.4 is 22.2 Å². The largest absolute Gasteiger partial charge is 0.351 e. The molecule has 9 nitrogen and oxygen atoms in total. The number of nitrogens with one attached hydrogen (secondary N) is 1. The zero-order valence-corrected chi connectivity index (χ0v) is 15.0. The van der Waals surface area contributed by atoms with Crippen molar-refractivity contribution in [2.45, 2.75) is 0 Å². The molecule has 1 aromatic carbocycles. The molecule has 3 aromatic rings. The van der Waals surface area contributed by atoms with Crippen molar-refractivity contribution >= 4 is 23.2 Å². The van der Waals surface area contributed by atoms with E-state index in [9.17, 15) is 19.2 Å². The zero-order chi connectivity index (χ0) is 19.2. The van der Waals surface area contributed by atoms with Crippen molar-refractivity contribution in [3.8, 4) is 16.9 Å². The fourth-order valence-electron chi connectivity index (χ4n) is 2.35. The molecule has 0 spiro atoms. The van der Waals surface area contributed by atoms with E-state index in [1.54, 1.807) is 0 Å². The molecular weight excluding hydrogens is 385 g/mol. The molecule has 11 heteroatoms. The van der Waals surface area contributed by atoms with Gasteiger partial charge in [0.05, 0.1) is 16.3 Å². The molecule has 26 heavy (non-hydrogen) atoms. The van der Waals surface area contributed by atoms with Gasteiger partial charge in [0.2, 0.25) is 0 Å². The maximum absolute atomic E-state index is 12.9. The van der Waals surface area contributed by atoms with Gasteiger partial charge in [-0.1, -0.05) is 23.2 Å². The maximum atomic E-state index is 12.9. The van der Waals surface area contributed by atoms with Crippen LogP contribution in [0.2, 0.25) is 10.0 Å². The van der Waals surface area contributed by atoms with Gasteiger partial charge in [-0.2, -0.15) is 5.10 Å².